The van der Waals surface area contributed by atoms with E-state index >= 15 is 0 Å². The average Bonchev–Trinajstić information content (AvgIpc) is 2.98. The number of rotatable bonds is 9. The van der Waals surface area contributed by atoms with Gasteiger partial charge in [-0.3, -0.25) is 0 Å². The molecule has 0 saturated carbocycles. The summed E-state index contributed by atoms with van der Waals surface area (Å²) in [7, 11) is 2.09. The number of hydrogen-bond acceptors (Lipinski definition) is 4. The molecule has 3 rings (SSSR count). The van der Waals surface area contributed by atoms with Gasteiger partial charge in [0, 0.05) is 37.6 Å². The van der Waals surface area contributed by atoms with E-state index in [4.69, 9.17) is 28.2 Å². The van der Waals surface area contributed by atoms with Crippen LogP contribution >= 0.6 is 23.2 Å². The highest BCUT2D eigenvalue weighted by atomic mass is 35.5. The number of anilines is 1. The molecule has 1 fully saturated rings. The fourth-order valence-corrected chi connectivity index (χ4v) is 4.05. The van der Waals surface area contributed by atoms with Gasteiger partial charge in [0.25, 0.3) is 0 Å². The molecule has 26 heavy (non-hydrogen) atoms. The van der Waals surface area contributed by atoms with Crippen molar-refractivity contribution >= 4 is 39.9 Å². The van der Waals surface area contributed by atoms with Gasteiger partial charge in [0.05, 0.1) is 17.6 Å². The van der Waals surface area contributed by atoms with Gasteiger partial charge in [-0.1, -0.05) is 0 Å². The van der Waals surface area contributed by atoms with Crippen LogP contribution in [0.3, 0.4) is 0 Å². The molecule has 1 aliphatic heterocycles. The lowest BCUT2D eigenvalue weighted by atomic mass is 9.98. The molecule has 144 valence electrons. The summed E-state index contributed by atoms with van der Waals surface area (Å²) in [4.78, 5) is 7.07. The lowest BCUT2D eigenvalue weighted by Gasteiger charge is -2.22. The van der Waals surface area contributed by atoms with Gasteiger partial charge < -0.3 is 20.1 Å². The van der Waals surface area contributed by atoms with Gasteiger partial charge in [-0.25, -0.2) is 4.98 Å². The molecule has 0 aliphatic carbocycles. The molecular formula is C19H29Cl2N5. The summed E-state index contributed by atoms with van der Waals surface area (Å²) in [6.07, 6.45) is 2.52. The lowest BCUT2D eigenvalue weighted by molar-refractivity contribution is 0.354. The zero-order valence-corrected chi connectivity index (χ0v) is 17.0. The number of benzene rings is 1. The van der Waals surface area contributed by atoms with E-state index in [9.17, 15) is 0 Å². The Morgan fingerprint density at radius 1 is 1.23 bits per heavy atom. The van der Waals surface area contributed by atoms with Crippen molar-refractivity contribution in [3.63, 3.8) is 0 Å². The highest BCUT2D eigenvalue weighted by molar-refractivity contribution is 6.18. The molecule has 0 unspecified atom stereocenters. The van der Waals surface area contributed by atoms with Crippen molar-refractivity contribution in [2.45, 2.75) is 19.4 Å². The minimum absolute atomic E-state index is 0.586. The number of nitrogens with one attached hydrogen (secondary N) is 2. The Bertz CT molecular complexity index is 691. The Hall–Kier alpha value is -1.01. The van der Waals surface area contributed by atoms with E-state index in [1.165, 1.54) is 12.8 Å². The highest BCUT2D eigenvalue weighted by Gasteiger charge is 2.14. The van der Waals surface area contributed by atoms with Gasteiger partial charge in [0.15, 0.2) is 0 Å². The summed E-state index contributed by atoms with van der Waals surface area (Å²) >= 11 is 11.9. The van der Waals surface area contributed by atoms with Crippen molar-refractivity contribution in [2.75, 3.05) is 49.4 Å². The minimum Gasteiger partial charge on any atom is -0.369 e. The van der Waals surface area contributed by atoms with Crippen LogP contribution in [0.25, 0.3) is 11.0 Å². The summed E-state index contributed by atoms with van der Waals surface area (Å²) < 4.78 is 2.18. The molecule has 5 nitrogen and oxygen atoms in total. The summed E-state index contributed by atoms with van der Waals surface area (Å²) in [6.45, 7) is 5.73. The lowest BCUT2D eigenvalue weighted by Crippen LogP contribution is -2.33. The van der Waals surface area contributed by atoms with Crippen molar-refractivity contribution < 1.29 is 0 Å². The zero-order chi connectivity index (χ0) is 18.4. The number of hydrogen-bond donors (Lipinski definition) is 2. The van der Waals surface area contributed by atoms with E-state index in [2.05, 4.69) is 45.3 Å². The van der Waals surface area contributed by atoms with E-state index in [-0.39, 0.29) is 0 Å². The van der Waals surface area contributed by atoms with Crippen molar-refractivity contribution in [1.29, 1.82) is 0 Å². The van der Waals surface area contributed by atoms with Crippen LogP contribution in [0.15, 0.2) is 18.2 Å². The number of aryl methyl sites for hydroxylation is 1. The van der Waals surface area contributed by atoms with Crippen LogP contribution in [0.1, 0.15) is 18.7 Å². The molecule has 2 N–H and O–H groups in total. The third-order valence-electron chi connectivity index (χ3n) is 5.21. The molecule has 1 saturated heterocycles. The largest absolute Gasteiger partial charge is 0.369 e. The average molecular weight is 398 g/mol. The fourth-order valence-electron chi connectivity index (χ4n) is 3.64. The van der Waals surface area contributed by atoms with Crippen LogP contribution in [0.5, 0.6) is 0 Å². The van der Waals surface area contributed by atoms with Gasteiger partial charge in [0.1, 0.15) is 5.82 Å². The van der Waals surface area contributed by atoms with Gasteiger partial charge in [0.2, 0.25) is 0 Å². The van der Waals surface area contributed by atoms with Crippen LogP contribution in [-0.4, -0.2) is 54.0 Å². The van der Waals surface area contributed by atoms with Gasteiger partial charge >= 0.3 is 0 Å². The van der Waals surface area contributed by atoms with Crippen LogP contribution in [-0.2, 0) is 13.6 Å². The van der Waals surface area contributed by atoms with Crippen LogP contribution in [0.4, 0.5) is 5.69 Å². The molecule has 0 amide bonds. The van der Waals surface area contributed by atoms with E-state index < -0.39 is 0 Å². The second-order valence-corrected chi connectivity index (χ2v) is 7.71. The molecule has 0 bridgehead atoms. The monoisotopic (exact) mass is 397 g/mol. The van der Waals surface area contributed by atoms with Crippen LogP contribution in [0.2, 0.25) is 0 Å². The summed E-state index contributed by atoms with van der Waals surface area (Å²) in [5.41, 5.74) is 3.31. The quantitative estimate of drug-likeness (QED) is 0.638. The standard InChI is InChI=1S/C19H29Cl2N5/c1-25-18-3-2-16(26(10-6-20)11-7-21)12-17(18)24-19(25)14-23-13-15-4-8-22-9-5-15/h2-3,12,15,22-23H,4-11,13-14H2,1H3. The van der Waals surface area contributed by atoms with Crippen LogP contribution < -0.4 is 15.5 Å². The molecule has 1 aromatic carbocycles. The van der Waals surface area contributed by atoms with Gasteiger partial charge in [-0.05, 0) is 56.6 Å². The summed E-state index contributed by atoms with van der Waals surface area (Å²) in [5.74, 6) is 3.02. The summed E-state index contributed by atoms with van der Waals surface area (Å²) in [6, 6.07) is 6.42. The maximum Gasteiger partial charge on any atom is 0.123 e. The first-order chi connectivity index (χ1) is 12.7. The van der Waals surface area contributed by atoms with E-state index in [0.717, 1.165) is 67.7 Å². The van der Waals surface area contributed by atoms with Crippen molar-refractivity contribution in [3.05, 3.63) is 24.0 Å². The molecule has 1 aliphatic rings. The van der Waals surface area contributed by atoms with E-state index in [0.29, 0.717) is 11.8 Å². The molecule has 2 aromatic rings. The molecule has 7 heteroatoms. The predicted molar refractivity (Wildman–Crippen MR) is 112 cm³/mol. The number of nitrogens with zero attached hydrogens (tertiary/aromatic N) is 3. The number of halogens is 2. The number of fused-ring (bicyclic) bond motifs is 1. The molecular weight excluding hydrogens is 369 g/mol. The van der Waals surface area contributed by atoms with Crippen molar-refractivity contribution in [3.8, 4) is 0 Å². The first kappa shape index (κ1) is 19.7. The molecule has 0 radical (unpaired) electrons. The Kier molecular flexibility index (Phi) is 7.43. The minimum atomic E-state index is 0.586. The van der Waals surface area contributed by atoms with Gasteiger partial charge in [-0.2, -0.15) is 0 Å². The third kappa shape index (κ3) is 4.83. The van der Waals surface area contributed by atoms with Gasteiger partial charge in [-0.15, -0.1) is 23.2 Å². The maximum absolute atomic E-state index is 5.93. The fraction of sp³-hybridized carbons (Fsp3) is 0.632. The van der Waals surface area contributed by atoms with E-state index in [1.54, 1.807) is 0 Å². The van der Waals surface area contributed by atoms with Crippen LogP contribution in [0, 0.1) is 5.92 Å². The first-order valence-corrected chi connectivity index (χ1v) is 10.5. The number of aromatic nitrogens is 2. The second kappa shape index (κ2) is 9.79. The SMILES string of the molecule is Cn1c(CNCC2CCNCC2)nc2cc(N(CCCl)CCCl)ccc21. The topological polar surface area (TPSA) is 45.1 Å². The Labute approximate surface area is 166 Å². The molecule has 0 atom stereocenters. The Morgan fingerprint density at radius 2 is 1.96 bits per heavy atom. The van der Waals surface area contributed by atoms with Crippen molar-refractivity contribution in [2.24, 2.45) is 13.0 Å². The van der Waals surface area contributed by atoms with Crippen molar-refractivity contribution in [1.82, 2.24) is 20.2 Å². The highest BCUT2D eigenvalue weighted by Crippen LogP contribution is 2.23. The molecule has 1 aromatic heterocycles. The number of piperidine rings is 1. The second-order valence-electron chi connectivity index (χ2n) is 6.95. The van der Waals surface area contributed by atoms with E-state index in [1.807, 2.05) is 0 Å². The maximum atomic E-state index is 5.93. The molecule has 2 heterocycles. The number of alkyl halides is 2. The normalized spacial score (nSPS) is 15.7. The Balaban J connectivity index is 1.68. The first-order valence-electron chi connectivity index (χ1n) is 9.46. The third-order valence-corrected chi connectivity index (χ3v) is 5.54. The predicted octanol–water partition coefficient (Wildman–Crippen LogP) is 2.95. The molecule has 0 spiro atoms. The Morgan fingerprint density at radius 3 is 2.65 bits per heavy atom. The smallest absolute Gasteiger partial charge is 0.123 e. The summed E-state index contributed by atoms with van der Waals surface area (Å²) in [5, 5.41) is 7.01. The number of imidazole rings is 1. The zero-order valence-electron chi connectivity index (χ0n) is 15.5.